The van der Waals surface area contributed by atoms with Crippen molar-refractivity contribution in [3.05, 3.63) is 0 Å². The fraction of sp³-hybridized carbons (Fsp3) is 0.875. The number of sulfonamides is 1. The molecule has 7 heteroatoms. The van der Waals surface area contributed by atoms with Gasteiger partial charge < -0.3 is 9.47 Å². The molecule has 0 spiro atoms. The minimum atomic E-state index is -3.44. The summed E-state index contributed by atoms with van der Waals surface area (Å²) in [6.45, 7) is 3.92. The largest absolute Gasteiger partial charge is 0.465 e. The number of carbonyl (C=O) groups excluding carboxylic acids is 1. The van der Waals surface area contributed by atoms with E-state index in [1.165, 1.54) is 0 Å². The highest BCUT2D eigenvalue weighted by Gasteiger charge is 2.12. The van der Waals surface area contributed by atoms with E-state index in [1.54, 1.807) is 13.8 Å². The van der Waals surface area contributed by atoms with Crippen molar-refractivity contribution in [2.75, 3.05) is 32.1 Å². The van der Waals surface area contributed by atoms with E-state index in [4.69, 9.17) is 4.74 Å². The molecule has 90 valence electrons. The molecule has 6 nitrogen and oxygen atoms in total. The number of carbonyl (C=O) groups is 1. The fourth-order valence-electron chi connectivity index (χ4n) is 0.766. The summed E-state index contributed by atoms with van der Waals surface area (Å²) in [6, 6.07) is 0. The molecule has 0 fully saturated rings. The maximum atomic E-state index is 11.2. The molecule has 0 amide bonds. The summed E-state index contributed by atoms with van der Waals surface area (Å²) in [5.74, 6) is -0.738. The average Bonchev–Trinajstić information content (AvgIpc) is 2.16. The van der Waals surface area contributed by atoms with Crippen molar-refractivity contribution >= 4 is 16.0 Å². The lowest BCUT2D eigenvalue weighted by molar-refractivity contribution is -0.141. The van der Waals surface area contributed by atoms with Crippen LogP contribution in [-0.4, -0.2) is 46.5 Å². The highest BCUT2D eigenvalue weighted by Crippen LogP contribution is 1.86. The Morgan fingerprint density at radius 2 is 1.93 bits per heavy atom. The van der Waals surface area contributed by atoms with E-state index in [1.807, 2.05) is 0 Å². The molecule has 0 unspecified atom stereocenters. The van der Waals surface area contributed by atoms with Crippen LogP contribution in [0.3, 0.4) is 0 Å². The second-order valence-corrected chi connectivity index (χ2v) is 4.57. The molecule has 0 aromatic rings. The number of hydrogen-bond donors (Lipinski definition) is 1. The molecule has 15 heavy (non-hydrogen) atoms. The predicted molar refractivity (Wildman–Crippen MR) is 54.9 cm³/mol. The summed E-state index contributed by atoms with van der Waals surface area (Å²) >= 11 is 0. The van der Waals surface area contributed by atoms with Crippen molar-refractivity contribution in [2.45, 2.75) is 13.8 Å². The standard InChI is InChI=1S/C8H17NO5S/c1-3-13-5-6-15(11,12)9-7-8(10)14-4-2/h9H,3-7H2,1-2H3. The van der Waals surface area contributed by atoms with Gasteiger partial charge in [-0.2, -0.15) is 0 Å². The summed E-state index contributed by atoms with van der Waals surface area (Å²) in [5.41, 5.74) is 0. The van der Waals surface area contributed by atoms with Gasteiger partial charge in [-0.25, -0.2) is 13.1 Å². The Balaban J connectivity index is 3.78. The molecule has 0 aromatic carbocycles. The zero-order valence-electron chi connectivity index (χ0n) is 8.99. The van der Waals surface area contributed by atoms with E-state index in [0.717, 1.165) is 0 Å². The van der Waals surface area contributed by atoms with Gasteiger partial charge in [0.1, 0.15) is 6.54 Å². The van der Waals surface area contributed by atoms with E-state index >= 15 is 0 Å². The van der Waals surface area contributed by atoms with Gasteiger partial charge in [0.15, 0.2) is 0 Å². The number of ether oxygens (including phenoxy) is 2. The van der Waals surface area contributed by atoms with Crippen molar-refractivity contribution in [3.8, 4) is 0 Å². The SMILES string of the molecule is CCOCCS(=O)(=O)NCC(=O)OCC. The Morgan fingerprint density at radius 3 is 2.47 bits per heavy atom. The zero-order chi connectivity index (χ0) is 11.7. The van der Waals surface area contributed by atoms with Crippen LogP contribution in [0.5, 0.6) is 0 Å². The second kappa shape index (κ2) is 7.61. The van der Waals surface area contributed by atoms with Crippen LogP contribution >= 0.6 is 0 Å². The molecule has 0 atom stereocenters. The van der Waals surface area contributed by atoms with Crippen molar-refractivity contribution in [3.63, 3.8) is 0 Å². The third-order valence-corrected chi connectivity index (χ3v) is 2.73. The summed E-state index contributed by atoms with van der Waals surface area (Å²) in [4.78, 5) is 10.8. The first-order chi connectivity index (χ1) is 7.02. The Morgan fingerprint density at radius 1 is 1.27 bits per heavy atom. The van der Waals surface area contributed by atoms with Crippen molar-refractivity contribution in [1.82, 2.24) is 4.72 Å². The van der Waals surface area contributed by atoms with Crippen LogP contribution in [0.2, 0.25) is 0 Å². The molecule has 0 aromatic heterocycles. The number of hydrogen-bond acceptors (Lipinski definition) is 5. The van der Waals surface area contributed by atoms with E-state index in [9.17, 15) is 13.2 Å². The highest BCUT2D eigenvalue weighted by molar-refractivity contribution is 7.89. The fourth-order valence-corrected chi connectivity index (χ4v) is 1.59. The predicted octanol–water partition coefficient (Wildman–Crippen LogP) is -0.495. The van der Waals surface area contributed by atoms with Crippen LogP contribution in [0.25, 0.3) is 0 Å². The van der Waals surface area contributed by atoms with E-state index < -0.39 is 16.0 Å². The Labute approximate surface area is 90.0 Å². The van der Waals surface area contributed by atoms with Crippen LogP contribution in [0, 0.1) is 0 Å². The number of rotatable bonds is 8. The second-order valence-electron chi connectivity index (χ2n) is 2.64. The summed E-state index contributed by atoms with van der Waals surface area (Å²) in [5, 5.41) is 0. The van der Waals surface area contributed by atoms with Crippen LogP contribution in [0.1, 0.15) is 13.8 Å². The van der Waals surface area contributed by atoms with Gasteiger partial charge in [0, 0.05) is 6.61 Å². The van der Waals surface area contributed by atoms with Crippen molar-refractivity contribution < 1.29 is 22.7 Å². The van der Waals surface area contributed by atoms with Crippen LogP contribution < -0.4 is 4.72 Å². The molecule has 0 heterocycles. The molecule has 1 N–H and O–H groups in total. The van der Waals surface area contributed by atoms with E-state index in [0.29, 0.717) is 6.61 Å². The van der Waals surface area contributed by atoms with Gasteiger partial charge in [-0.1, -0.05) is 0 Å². The molecule has 0 radical (unpaired) electrons. The molecular formula is C8H17NO5S. The zero-order valence-corrected chi connectivity index (χ0v) is 9.80. The molecule has 0 rings (SSSR count). The molecule has 0 bridgehead atoms. The number of nitrogens with one attached hydrogen (secondary N) is 1. The first-order valence-corrected chi connectivity index (χ1v) is 6.37. The minimum Gasteiger partial charge on any atom is -0.465 e. The van der Waals surface area contributed by atoms with Crippen LogP contribution in [0.15, 0.2) is 0 Å². The van der Waals surface area contributed by atoms with E-state index in [-0.39, 0.29) is 25.5 Å². The average molecular weight is 239 g/mol. The normalized spacial score (nSPS) is 11.3. The Kier molecular flexibility index (Phi) is 7.27. The summed E-state index contributed by atoms with van der Waals surface area (Å²) in [6.07, 6.45) is 0. The first-order valence-electron chi connectivity index (χ1n) is 4.72. The van der Waals surface area contributed by atoms with Gasteiger partial charge in [-0.3, -0.25) is 4.79 Å². The Hall–Kier alpha value is -0.660. The first kappa shape index (κ1) is 14.3. The maximum Gasteiger partial charge on any atom is 0.320 e. The molecule has 0 saturated heterocycles. The maximum absolute atomic E-state index is 11.2. The van der Waals surface area contributed by atoms with Gasteiger partial charge in [0.25, 0.3) is 0 Å². The van der Waals surface area contributed by atoms with Gasteiger partial charge in [0.2, 0.25) is 10.0 Å². The van der Waals surface area contributed by atoms with Gasteiger partial charge in [-0.05, 0) is 13.8 Å². The smallest absolute Gasteiger partial charge is 0.320 e. The summed E-state index contributed by atoms with van der Waals surface area (Å²) < 4.78 is 34.0. The molecule has 0 saturated carbocycles. The molecule has 0 aliphatic carbocycles. The monoisotopic (exact) mass is 239 g/mol. The lowest BCUT2D eigenvalue weighted by Crippen LogP contribution is -2.33. The molecular weight excluding hydrogens is 222 g/mol. The van der Waals surface area contributed by atoms with Crippen molar-refractivity contribution in [2.24, 2.45) is 0 Å². The van der Waals surface area contributed by atoms with E-state index in [2.05, 4.69) is 9.46 Å². The topological polar surface area (TPSA) is 81.7 Å². The summed E-state index contributed by atoms with van der Waals surface area (Å²) in [7, 11) is -3.44. The third-order valence-electron chi connectivity index (χ3n) is 1.44. The molecule has 0 aliphatic rings. The quantitative estimate of drug-likeness (QED) is 0.456. The number of esters is 1. The lowest BCUT2D eigenvalue weighted by Gasteiger charge is -2.06. The van der Waals surface area contributed by atoms with Crippen molar-refractivity contribution in [1.29, 1.82) is 0 Å². The van der Waals surface area contributed by atoms with Gasteiger partial charge in [-0.15, -0.1) is 0 Å². The van der Waals surface area contributed by atoms with Gasteiger partial charge >= 0.3 is 5.97 Å². The van der Waals surface area contributed by atoms with Crippen LogP contribution in [-0.2, 0) is 24.3 Å². The lowest BCUT2D eigenvalue weighted by atomic mass is 10.7. The van der Waals surface area contributed by atoms with Crippen LogP contribution in [0.4, 0.5) is 0 Å². The third kappa shape index (κ3) is 8.34. The molecule has 0 aliphatic heterocycles. The highest BCUT2D eigenvalue weighted by atomic mass is 32.2. The van der Waals surface area contributed by atoms with Gasteiger partial charge in [0.05, 0.1) is 19.0 Å². The minimum absolute atomic E-state index is 0.120. The Bertz CT molecular complexity index is 275.